The van der Waals surface area contributed by atoms with E-state index in [2.05, 4.69) is 20.9 Å². The summed E-state index contributed by atoms with van der Waals surface area (Å²) in [6.45, 7) is 1.66. The zero-order valence-electron chi connectivity index (χ0n) is 14.2. The maximum atomic E-state index is 12.2. The Morgan fingerprint density at radius 3 is 2.63 bits per heavy atom. The Morgan fingerprint density at radius 2 is 1.89 bits per heavy atom. The molecule has 3 aromatic rings. The zero-order valence-corrected chi connectivity index (χ0v) is 15.8. The van der Waals surface area contributed by atoms with Crippen LogP contribution in [0.5, 0.6) is 0 Å². The number of anilines is 1. The maximum Gasteiger partial charge on any atom is 0.273 e. The average Bonchev–Trinajstić information content (AvgIpc) is 3.12. The fraction of sp³-hybridized carbons (Fsp3) is 0.111. The summed E-state index contributed by atoms with van der Waals surface area (Å²) in [4.78, 5) is 24.2. The summed E-state index contributed by atoms with van der Waals surface area (Å²) in [5.74, 6) is -0.939. The highest BCUT2D eigenvalue weighted by Gasteiger charge is 2.14. The van der Waals surface area contributed by atoms with E-state index in [0.29, 0.717) is 21.4 Å². The van der Waals surface area contributed by atoms with Crippen LogP contribution in [0.1, 0.15) is 16.1 Å². The van der Waals surface area contributed by atoms with Gasteiger partial charge in [-0.3, -0.25) is 9.59 Å². The first-order valence-corrected chi connectivity index (χ1v) is 8.71. The molecule has 0 unspecified atom stereocenters. The highest BCUT2D eigenvalue weighted by Crippen LogP contribution is 2.22. The number of para-hydroxylation sites is 1. The van der Waals surface area contributed by atoms with Crippen molar-refractivity contribution in [2.45, 2.75) is 6.92 Å². The molecule has 0 spiro atoms. The number of hydrogen-bond acceptors (Lipinski definition) is 4. The molecule has 2 N–H and O–H groups in total. The van der Waals surface area contributed by atoms with Gasteiger partial charge in [0, 0.05) is 0 Å². The number of benzene rings is 2. The normalized spacial score (nSPS) is 10.5. The van der Waals surface area contributed by atoms with Gasteiger partial charge in [0.2, 0.25) is 5.91 Å². The Morgan fingerprint density at radius 1 is 1.11 bits per heavy atom. The van der Waals surface area contributed by atoms with Crippen LogP contribution in [0.3, 0.4) is 0 Å². The largest absolute Gasteiger partial charge is 0.342 e. The molecule has 0 aliphatic rings. The van der Waals surface area contributed by atoms with Gasteiger partial charge in [-0.1, -0.05) is 46.6 Å². The summed E-state index contributed by atoms with van der Waals surface area (Å²) in [5, 5.41) is 13.7. The van der Waals surface area contributed by atoms with Crippen LogP contribution in [0.15, 0.2) is 48.7 Å². The van der Waals surface area contributed by atoms with Crippen LogP contribution in [-0.2, 0) is 4.79 Å². The number of amides is 2. The molecule has 0 radical (unpaired) electrons. The molecule has 9 heteroatoms. The number of rotatable bonds is 5. The van der Waals surface area contributed by atoms with Crippen molar-refractivity contribution < 1.29 is 9.59 Å². The zero-order chi connectivity index (χ0) is 19.4. The molecule has 0 bridgehead atoms. The second-order valence-corrected chi connectivity index (χ2v) is 6.53. The molecule has 2 aromatic carbocycles. The van der Waals surface area contributed by atoms with Gasteiger partial charge in [0.25, 0.3) is 5.91 Å². The van der Waals surface area contributed by atoms with E-state index in [1.807, 2.05) is 13.0 Å². The molecule has 1 heterocycles. The molecular weight excluding hydrogens is 389 g/mol. The molecule has 0 fully saturated rings. The number of carbonyl (C=O) groups is 2. The lowest BCUT2D eigenvalue weighted by Crippen LogP contribution is -2.33. The topological polar surface area (TPSA) is 88.9 Å². The summed E-state index contributed by atoms with van der Waals surface area (Å²) < 4.78 is 1.39. The smallest absolute Gasteiger partial charge is 0.273 e. The quantitative estimate of drug-likeness (QED) is 0.683. The molecular formula is C18H15Cl2N5O2. The van der Waals surface area contributed by atoms with Crippen LogP contribution in [0.4, 0.5) is 5.69 Å². The van der Waals surface area contributed by atoms with Gasteiger partial charge < -0.3 is 10.6 Å². The van der Waals surface area contributed by atoms with E-state index in [4.69, 9.17) is 23.2 Å². The molecule has 1 aromatic heterocycles. The van der Waals surface area contributed by atoms with E-state index in [9.17, 15) is 9.59 Å². The number of hydrogen-bond donors (Lipinski definition) is 2. The second kappa shape index (κ2) is 8.20. The Bertz CT molecular complexity index is 1000. The predicted octanol–water partition coefficient (Wildman–Crippen LogP) is 3.25. The number of aromatic nitrogens is 3. The SMILES string of the molecule is Cc1ccc(NC(=O)CNC(=O)c2cn(-c3ccccc3Cl)nn2)c(Cl)c1. The van der Waals surface area contributed by atoms with E-state index < -0.39 is 11.8 Å². The van der Waals surface area contributed by atoms with Crippen LogP contribution in [0.25, 0.3) is 5.69 Å². The minimum absolute atomic E-state index is 0.0658. The Balaban J connectivity index is 1.59. The van der Waals surface area contributed by atoms with E-state index >= 15 is 0 Å². The summed E-state index contributed by atoms with van der Waals surface area (Å²) in [7, 11) is 0. The molecule has 0 aliphatic heterocycles. The number of halogens is 2. The van der Waals surface area contributed by atoms with Crippen molar-refractivity contribution in [3.8, 4) is 5.69 Å². The summed E-state index contributed by atoms with van der Waals surface area (Å²) in [5.41, 5.74) is 2.12. The second-order valence-electron chi connectivity index (χ2n) is 5.71. The van der Waals surface area contributed by atoms with Gasteiger partial charge in [0.1, 0.15) is 0 Å². The van der Waals surface area contributed by atoms with Crippen LogP contribution >= 0.6 is 23.2 Å². The first-order chi connectivity index (χ1) is 12.9. The Labute approximate surface area is 165 Å². The van der Waals surface area contributed by atoms with Gasteiger partial charge >= 0.3 is 0 Å². The van der Waals surface area contributed by atoms with E-state index in [1.165, 1.54) is 10.9 Å². The number of nitrogens with zero attached hydrogens (tertiary/aromatic N) is 3. The lowest BCUT2D eigenvalue weighted by Gasteiger charge is -2.08. The van der Waals surface area contributed by atoms with Crippen molar-refractivity contribution in [3.05, 3.63) is 70.0 Å². The minimum Gasteiger partial charge on any atom is -0.342 e. The van der Waals surface area contributed by atoms with Crippen molar-refractivity contribution in [2.75, 3.05) is 11.9 Å². The lowest BCUT2D eigenvalue weighted by atomic mass is 10.2. The highest BCUT2D eigenvalue weighted by atomic mass is 35.5. The first-order valence-electron chi connectivity index (χ1n) is 7.95. The fourth-order valence-corrected chi connectivity index (χ4v) is 2.79. The standard InChI is InChI=1S/C18H15Cl2N5O2/c1-11-6-7-14(13(20)8-11)22-17(26)9-21-18(27)15-10-25(24-23-15)16-5-3-2-4-12(16)19/h2-8,10H,9H2,1H3,(H,21,27)(H,22,26). The highest BCUT2D eigenvalue weighted by molar-refractivity contribution is 6.33. The van der Waals surface area contributed by atoms with Gasteiger partial charge in [-0.25, -0.2) is 4.68 Å². The van der Waals surface area contributed by atoms with Crippen molar-refractivity contribution in [1.82, 2.24) is 20.3 Å². The van der Waals surface area contributed by atoms with E-state index in [1.54, 1.807) is 36.4 Å². The van der Waals surface area contributed by atoms with Gasteiger partial charge in [0.15, 0.2) is 5.69 Å². The molecule has 0 aliphatic carbocycles. The molecule has 3 rings (SSSR count). The maximum absolute atomic E-state index is 12.2. The molecule has 27 heavy (non-hydrogen) atoms. The molecule has 0 saturated heterocycles. The summed E-state index contributed by atoms with van der Waals surface area (Å²) in [6, 6.07) is 12.3. The Hall–Kier alpha value is -2.90. The van der Waals surface area contributed by atoms with Gasteiger partial charge in [-0.15, -0.1) is 5.10 Å². The number of nitrogens with one attached hydrogen (secondary N) is 2. The molecule has 2 amide bonds. The number of aryl methyl sites for hydroxylation is 1. The van der Waals surface area contributed by atoms with Crippen LogP contribution in [0, 0.1) is 6.92 Å². The predicted molar refractivity (Wildman–Crippen MR) is 104 cm³/mol. The van der Waals surface area contributed by atoms with Crippen molar-refractivity contribution in [3.63, 3.8) is 0 Å². The molecule has 138 valence electrons. The van der Waals surface area contributed by atoms with Crippen molar-refractivity contribution in [2.24, 2.45) is 0 Å². The van der Waals surface area contributed by atoms with Gasteiger partial charge in [-0.2, -0.15) is 0 Å². The molecule has 7 nitrogen and oxygen atoms in total. The fourth-order valence-electron chi connectivity index (χ4n) is 2.29. The van der Waals surface area contributed by atoms with Gasteiger partial charge in [-0.05, 0) is 36.8 Å². The van der Waals surface area contributed by atoms with E-state index in [0.717, 1.165) is 5.56 Å². The monoisotopic (exact) mass is 403 g/mol. The minimum atomic E-state index is -0.529. The van der Waals surface area contributed by atoms with Crippen LogP contribution in [-0.4, -0.2) is 33.4 Å². The first kappa shape index (κ1) is 18.9. The van der Waals surface area contributed by atoms with Crippen molar-refractivity contribution >= 4 is 40.7 Å². The third-order valence-corrected chi connectivity index (χ3v) is 4.27. The number of carbonyl (C=O) groups excluding carboxylic acids is 2. The third kappa shape index (κ3) is 4.64. The molecule has 0 saturated carbocycles. The summed E-state index contributed by atoms with van der Waals surface area (Å²) in [6.07, 6.45) is 1.44. The van der Waals surface area contributed by atoms with Gasteiger partial charge in [0.05, 0.1) is 34.2 Å². The van der Waals surface area contributed by atoms with Crippen molar-refractivity contribution in [1.29, 1.82) is 0 Å². The average molecular weight is 404 g/mol. The lowest BCUT2D eigenvalue weighted by molar-refractivity contribution is -0.115. The van der Waals surface area contributed by atoms with Crippen LogP contribution < -0.4 is 10.6 Å². The molecule has 0 atom stereocenters. The summed E-state index contributed by atoms with van der Waals surface area (Å²) >= 11 is 12.2. The van der Waals surface area contributed by atoms with E-state index in [-0.39, 0.29) is 12.2 Å². The Kier molecular flexibility index (Phi) is 5.73. The third-order valence-electron chi connectivity index (χ3n) is 3.63. The van der Waals surface area contributed by atoms with Crippen LogP contribution in [0.2, 0.25) is 10.0 Å².